The van der Waals surface area contributed by atoms with Gasteiger partial charge in [-0.2, -0.15) is 0 Å². The van der Waals surface area contributed by atoms with E-state index in [4.69, 9.17) is 4.74 Å². The third-order valence-corrected chi connectivity index (χ3v) is 5.15. The first-order valence-electron chi connectivity index (χ1n) is 9.69. The SMILES string of the molecule is CCOc1ccc(NC(=O)c2ccccc2NC(=O)CN(C)Cc2cccs2)cc1. The maximum atomic E-state index is 12.8. The van der Waals surface area contributed by atoms with Gasteiger partial charge in [0.25, 0.3) is 5.91 Å². The molecular weight excluding hydrogens is 398 g/mol. The van der Waals surface area contributed by atoms with Crippen LogP contribution in [-0.2, 0) is 11.3 Å². The van der Waals surface area contributed by atoms with Crippen LogP contribution in [0.3, 0.4) is 0 Å². The van der Waals surface area contributed by atoms with Crippen molar-refractivity contribution in [2.75, 3.05) is 30.8 Å². The zero-order valence-corrected chi connectivity index (χ0v) is 17.9. The molecule has 1 aromatic heterocycles. The molecule has 3 rings (SSSR count). The van der Waals surface area contributed by atoms with E-state index in [0.717, 1.165) is 5.75 Å². The minimum atomic E-state index is -0.290. The third kappa shape index (κ3) is 6.17. The van der Waals surface area contributed by atoms with Crippen LogP contribution in [0.1, 0.15) is 22.2 Å². The number of likely N-dealkylation sites (N-methyl/N-ethyl adjacent to an activating group) is 1. The molecule has 0 radical (unpaired) electrons. The second kappa shape index (κ2) is 10.6. The van der Waals surface area contributed by atoms with E-state index in [1.165, 1.54) is 4.88 Å². The second-order valence-electron chi connectivity index (χ2n) is 6.76. The number of carbonyl (C=O) groups excluding carboxylic acids is 2. The number of rotatable bonds is 9. The molecule has 7 heteroatoms. The molecule has 0 spiro atoms. The molecule has 0 aliphatic heterocycles. The molecule has 6 nitrogen and oxygen atoms in total. The van der Waals surface area contributed by atoms with Crippen LogP contribution in [0.2, 0.25) is 0 Å². The molecule has 0 saturated carbocycles. The summed E-state index contributed by atoms with van der Waals surface area (Å²) < 4.78 is 5.41. The van der Waals surface area contributed by atoms with Gasteiger partial charge < -0.3 is 15.4 Å². The molecule has 156 valence electrons. The molecule has 2 amide bonds. The van der Waals surface area contributed by atoms with Gasteiger partial charge in [0.2, 0.25) is 5.91 Å². The number of hydrogen-bond donors (Lipinski definition) is 2. The second-order valence-corrected chi connectivity index (χ2v) is 7.79. The molecule has 2 N–H and O–H groups in total. The van der Waals surface area contributed by atoms with Gasteiger partial charge in [-0.3, -0.25) is 14.5 Å². The van der Waals surface area contributed by atoms with Gasteiger partial charge >= 0.3 is 0 Å². The highest BCUT2D eigenvalue weighted by Gasteiger charge is 2.15. The first kappa shape index (κ1) is 21.5. The smallest absolute Gasteiger partial charge is 0.257 e. The molecule has 3 aromatic rings. The zero-order chi connectivity index (χ0) is 21.3. The monoisotopic (exact) mass is 423 g/mol. The largest absolute Gasteiger partial charge is 0.494 e. The number of anilines is 2. The van der Waals surface area contributed by atoms with Crippen molar-refractivity contribution in [3.63, 3.8) is 0 Å². The van der Waals surface area contributed by atoms with Crippen LogP contribution in [0.25, 0.3) is 0 Å². The number of carbonyl (C=O) groups is 2. The number of para-hydroxylation sites is 1. The Morgan fingerprint density at radius 1 is 1.00 bits per heavy atom. The maximum absolute atomic E-state index is 12.8. The third-order valence-electron chi connectivity index (χ3n) is 4.29. The van der Waals surface area contributed by atoms with Crippen molar-refractivity contribution in [2.24, 2.45) is 0 Å². The number of amides is 2. The molecule has 0 unspecified atom stereocenters. The molecule has 2 aromatic carbocycles. The fourth-order valence-electron chi connectivity index (χ4n) is 2.95. The van der Waals surface area contributed by atoms with Gasteiger partial charge in [-0.1, -0.05) is 18.2 Å². The Kier molecular flexibility index (Phi) is 7.59. The normalized spacial score (nSPS) is 10.6. The molecule has 0 aliphatic carbocycles. The molecule has 0 atom stereocenters. The summed E-state index contributed by atoms with van der Waals surface area (Å²) in [5, 5.41) is 7.73. The predicted molar refractivity (Wildman–Crippen MR) is 121 cm³/mol. The van der Waals surface area contributed by atoms with Gasteiger partial charge in [0.15, 0.2) is 0 Å². The Labute approximate surface area is 180 Å². The van der Waals surface area contributed by atoms with E-state index in [0.29, 0.717) is 30.1 Å². The highest BCUT2D eigenvalue weighted by Crippen LogP contribution is 2.20. The number of ether oxygens (including phenoxy) is 1. The van der Waals surface area contributed by atoms with Crippen molar-refractivity contribution < 1.29 is 14.3 Å². The van der Waals surface area contributed by atoms with E-state index in [2.05, 4.69) is 10.6 Å². The number of benzene rings is 2. The molecule has 0 aliphatic rings. The summed E-state index contributed by atoms with van der Waals surface area (Å²) in [4.78, 5) is 28.4. The highest BCUT2D eigenvalue weighted by molar-refractivity contribution is 7.09. The Hall–Kier alpha value is -3.16. The van der Waals surface area contributed by atoms with Crippen molar-refractivity contribution in [1.82, 2.24) is 4.90 Å². The van der Waals surface area contributed by atoms with E-state index in [1.807, 2.05) is 36.4 Å². The summed E-state index contributed by atoms with van der Waals surface area (Å²) >= 11 is 1.66. The molecule has 0 bridgehead atoms. The minimum absolute atomic E-state index is 0.171. The first-order chi connectivity index (χ1) is 14.5. The fourth-order valence-corrected chi connectivity index (χ4v) is 3.73. The number of nitrogens with one attached hydrogen (secondary N) is 2. The lowest BCUT2D eigenvalue weighted by Gasteiger charge is -2.16. The molecule has 1 heterocycles. The quantitative estimate of drug-likeness (QED) is 0.533. The van der Waals surface area contributed by atoms with Crippen molar-refractivity contribution in [3.05, 3.63) is 76.5 Å². The van der Waals surface area contributed by atoms with Crippen LogP contribution >= 0.6 is 11.3 Å². The summed E-state index contributed by atoms with van der Waals surface area (Å²) in [5.74, 6) is 0.284. The van der Waals surface area contributed by atoms with Gasteiger partial charge in [-0.25, -0.2) is 0 Å². The van der Waals surface area contributed by atoms with E-state index >= 15 is 0 Å². The summed E-state index contributed by atoms with van der Waals surface area (Å²) in [6.07, 6.45) is 0. The van der Waals surface area contributed by atoms with Crippen LogP contribution in [-0.4, -0.2) is 36.9 Å². The topological polar surface area (TPSA) is 70.7 Å². The number of nitrogens with zero attached hydrogens (tertiary/aromatic N) is 1. The summed E-state index contributed by atoms with van der Waals surface area (Å²) in [5.41, 5.74) is 1.54. The van der Waals surface area contributed by atoms with Crippen LogP contribution in [0.15, 0.2) is 66.0 Å². The van der Waals surface area contributed by atoms with Crippen LogP contribution < -0.4 is 15.4 Å². The van der Waals surface area contributed by atoms with Gasteiger partial charge in [0.1, 0.15) is 5.75 Å². The number of hydrogen-bond acceptors (Lipinski definition) is 5. The first-order valence-corrected chi connectivity index (χ1v) is 10.6. The van der Waals surface area contributed by atoms with Crippen molar-refractivity contribution >= 4 is 34.5 Å². The minimum Gasteiger partial charge on any atom is -0.494 e. The standard InChI is InChI=1S/C23H25N3O3S/c1-3-29-18-12-10-17(11-13-18)24-23(28)20-8-4-5-9-21(20)25-22(27)16-26(2)15-19-7-6-14-30-19/h4-14H,3,15-16H2,1-2H3,(H,24,28)(H,25,27). The summed E-state index contributed by atoms with van der Waals surface area (Å²) in [7, 11) is 1.89. The summed E-state index contributed by atoms with van der Waals surface area (Å²) in [6.45, 7) is 3.43. The van der Waals surface area contributed by atoms with Crippen molar-refractivity contribution in [1.29, 1.82) is 0 Å². The van der Waals surface area contributed by atoms with Crippen LogP contribution in [0.5, 0.6) is 5.75 Å². The number of thiophene rings is 1. The Bertz CT molecular complexity index is 972. The molecule has 0 fully saturated rings. The van der Waals surface area contributed by atoms with Gasteiger partial charge in [0.05, 0.1) is 24.4 Å². The lowest BCUT2D eigenvalue weighted by Crippen LogP contribution is -2.30. The van der Waals surface area contributed by atoms with E-state index < -0.39 is 0 Å². The molecular formula is C23H25N3O3S. The van der Waals surface area contributed by atoms with E-state index in [9.17, 15) is 9.59 Å². The Morgan fingerprint density at radius 2 is 1.77 bits per heavy atom. The van der Waals surface area contributed by atoms with Gasteiger partial charge in [-0.15, -0.1) is 11.3 Å². The zero-order valence-electron chi connectivity index (χ0n) is 17.1. The average Bonchev–Trinajstić information content (AvgIpc) is 3.22. The van der Waals surface area contributed by atoms with Crippen molar-refractivity contribution in [2.45, 2.75) is 13.5 Å². The van der Waals surface area contributed by atoms with E-state index in [-0.39, 0.29) is 18.4 Å². The fraction of sp³-hybridized carbons (Fsp3) is 0.217. The highest BCUT2D eigenvalue weighted by atomic mass is 32.1. The Balaban J connectivity index is 1.61. The maximum Gasteiger partial charge on any atom is 0.257 e. The van der Waals surface area contributed by atoms with Crippen LogP contribution in [0, 0.1) is 0 Å². The van der Waals surface area contributed by atoms with E-state index in [1.54, 1.807) is 59.9 Å². The lowest BCUT2D eigenvalue weighted by atomic mass is 10.1. The van der Waals surface area contributed by atoms with Crippen LogP contribution in [0.4, 0.5) is 11.4 Å². The molecule has 0 saturated heterocycles. The van der Waals surface area contributed by atoms with Crippen molar-refractivity contribution in [3.8, 4) is 5.75 Å². The van der Waals surface area contributed by atoms with Gasteiger partial charge in [-0.05, 0) is 61.8 Å². The summed E-state index contributed by atoms with van der Waals surface area (Å²) in [6, 6.07) is 18.2. The Morgan fingerprint density at radius 3 is 2.47 bits per heavy atom. The van der Waals surface area contributed by atoms with Gasteiger partial charge in [0, 0.05) is 17.1 Å². The predicted octanol–water partition coefficient (Wildman–Crippen LogP) is 4.47. The lowest BCUT2D eigenvalue weighted by molar-refractivity contribution is -0.117. The average molecular weight is 424 g/mol. The molecule has 30 heavy (non-hydrogen) atoms.